The van der Waals surface area contributed by atoms with Crippen molar-refractivity contribution in [1.29, 1.82) is 0 Å². The molecular weight excluding hydrogens is 2260 g/mol. The Morgan fingerprint density at radius 3 is 0.716 bits per heavy atom. The quantitative estimate of drug-likeness (QED) is 0.0272. The largest absolute Gasteiger partial charge is 2.00 e. The van der Waals surface area contributed by atoms with Crippen LogP contribution in [-0.4, -0.2) is 51.3 Å². The van der Waals surface area contributed by atoms with E-state index in [0.717, 1.165) is 24.3 Å². The zero-order valence-electron chi connectivity index (χ0n) is 83.5. The van der Waals surface area contributed by atoms with Gasteiger partial charge in [0.2, 0.25) is 0 Å². The van der Waals surface area contributed by atoms with E-state index in [0.29, 0.717) is 5.92 Å². The van der Waals surface area contributed by atoms with Crippen LogP contribution in [0.4, 0.5) is 0 Å². The molecule has 0 bridgehead atoms. The molecule has 148 heavy (non-hydrogen) atoms. The van der Waals surface area contributed by atoms with Gasteiger partial charge >= 0.3 is 161 Å². The maximum absolute atomic E-state index is 11.3. The molecule has 0 saturated carbocycles. The summed E-state index contributed by atoms with van der Waals surface area (Å²) in [7, 11) is 18.8. The molecule has 1 atom stereocenters. The fourth-order valence-electron chi connectivity index (χ4n) is 15.7. The number of allylic oxidation sites excluding steroid dienone is 2. The Bertz CT molecular complexity index is 5530. The zero-order chi connectivity index (χ0) is 102. The molecule has 2 aliphatic rings. The van der Waals surface area contributed by atoms with Gasteiger partial charge in [-0.1, -0.05) is 484 Å². The predicted molar refractivity (Wildman–Crippen MR) is 653 cm³/mol. The molecular formula is C131H129BrCl5MgO3P5Ru2+2. The molecule has 0 amide bonds. The van der Waals surface area contributed by atoms with Crippen LogP contribution in [0.2, 0.25) is 0 Å². The van der Waals surface area contributed by atoms with E-state index in [9.17, 15) is 9.90 Å². The van der Waals surface area contributed by atoms with E-state index in [1.165, 1.54) is 113 Å². The number of terminal acetylenes is 2. The van der Waals surface area contributed by atoms with Gasteiger partial charge in [-0.3, -0.25) is 4.79 Å². The van der Waals surface area contributed by atoms with Crippen LogP contribution in [0.5, 0.6) is 0 Å². The van der Waals surface area contributed by atoms with Crippen molar-refractivity contribution in [2.75, 3.05) is 13.2 Å². The summed E-state index contributed by atoms with van der Waals surface area (Å²) >= 11 is -2.14. The second-order valence-electron chi connectivity index (χ2n) is 33.5. The van der Waals surface area contributed by atoms with E-state index >= 15 is 0 Å². The molecule has 18 aromatic rings. The third-order valence-corrected chi connectivity index (χ3v) is 38.6. The van der Waals surface area contributed by atoms with Crippen molar-refractivity contribution in [1.82, 2.24) is 0 Å². The van der Waals surface area contributed by atoms with Crippen LogP contribution in [0.25, 0.3) is 5.57 Å². The molecule has 0 aromatic heterocycles. The number of carbonyl (C=O) groups is 1. The van der Waals surface area contributed by atoms with Crippen molar-refractivity contribution >= 4 is 209 Å². The first-order valence-electron chi connectivity index (χ1n) is 47.8. The van der Waals surface area contributed by atoms with Gasteiger partial charge in [0.05, 0.1) is 15.8 Å². The Hall–Kier alpha value is -9.63. The van der Waals surface area contributed by atoms with Gasteiger partial charge in [-0.2, -0.15) is 0 Å². The van der Waals surface area contributed by atoms with Gasteiger partial charge in [0.1, 0.15) is 31.8 Å². The molecule has 0 radical (unpaired) electrons. The van der Waals surface area contributed by atoms with Crippen molar-refractivity contribution in [2.24, 2.45) is 17.8 Å². The number of benzene rings is 18. The summed E-state index contributed by atoms with van der Waals surface area (Å²) in [5.41, 5.74) is 4.37. The van der Waals surface area contributed by atoms with E-state index in [1.54, 1.807) is 0 Å². The molecule has 3 nitrogen and oxygen atoms in total. The molecule has 18 aromatic carbocycles. The maximum Gasteiger partial charge on any atom is 2.00 e. The summed E-state index contributed by atoms with van der Waals surface area (Å²) in [6, 6.07) is 189. The van der Waals surface area contributed by atoms with Crippen LogP contribution in [0.15, 0.2) is 546 Å². The molecule has 1 heterocycles. The third-order valence-electron chi connectivity index (χ3n) is 22.7. The summed E-state index contributed by atoms with van der Waals surface area (Å²) in [5.74, 6) is 3.29. The van der Waals surface area contributed by atoms with Crippen molar-refractivity contribution in [3.05, 3.63) is 575 Å². The summed E-state index contributed by atoms with van der Waals surface area (Å²) in [6.45, 7) is 14.0. The molecule has 1 unspecified atom stereocenters. The Labute approximate surface area is 951 Å². The predicted octanol–water partition coefficient (Wildman–Crippen LogP) is 25.6. The second-order valence-corrected chi connectivity index (χ2v) is 53.6. The third kappa shape index (κ3) is 41.5. The summed E-state index contributed by atoms with van der Waals surface area (Å²) in [6.07, 6.45) is 19.1. The van der Waals surface area contributed by atoms with Gasteiger partial charge in [-0.25, -0.2) is 0 Å². The van der Waals surface area contributed by atoms with Crippen molar-refractivity contribution in [3.8, 4) is 18.8 Å². The van der Waals surface area contributed by atoms with Crippen LogP contribution in [0, 0.1) is 42.9 Å². The minimum Gasteiger partial charge on any atom is -0.0622 e. The standard InChI is InChI=1S/5C18H15P.C12H14O.C12H12.C10H12O.C4H8O.C2H.CH4.BrH.5ClH.Mg.2Ru/c5*1-4-10-16(11-5-1)19(17-12-6-2-7-13-17)18-14-8-3-9-15-18;1-4-12(13,10(2)3)11-8-6-5-7-9-11;1-9(2)11-8-7-10-5-3-4-6-12(10)11;1-8(2)10(11)9-6-4-3-5-7-9;1-2-4-5-3-1;1-2;;;;;;;;;;/h5*1-15H;1,5-10,13H,2-3H3;3-6,8-9H,1-2H3;3-8H,1-2H3;1-4H2;1H;1H4;6*1H;;;/q;;;;;;;;;-1;;;;;;;;3*+2/p-3. The van der Waals surface area contributed by atoms with Crippen molar-refractivity contribution in [2.45, 2.75) is 67.4 Å². The van der Waals surface area contributed by atoms with Crippen LogP contribution >= 0.6 is 90.8 Å². The van der Waals surface area contributed by atoms with E-state index in [4.69, 9.17) is 56.3 Å². The first-order chi connectivity index (χ1) is 70.6. The number of fused-ring (bicyclic) bond motifs is 1. The Kier molecular flexibility index (Phi) is 63.1. The molecule has 1 aliphatic carbocycles. The Balaban J connectivity index is 0.000000255. The number of hydrogen-bond acceptors (Lipinski definition) is 3. The Morgan fingerprint density at radius 2 is 0.541 bits per heavy atom. The average Bonchev–Trinajstić information content (AvgIpc) is 1.65. The average molecular weight is 2390 g/mol. The van der Waals surface area contributed by atoms with Gasteiger partial charge in [-0.05, 0) is 169 Å². The minimum atomic E-state index is -1.80. The van der Waals surface area contributed by atoms with E-state index in [2.05, 4.69) is 505 Å². The van der Waals surface area contributed by atoms with Gasteiger partial charge in [-0.15, -0.1) is 18.8 Å². The molecule has 1 saturated heterocycles. The van der Waals surface area contributed by atoms with Crippen LogP contribution in [-0.2, 0) is 39.0 Å². The number of ether oxygens (including phenoxy) is 1. The molecule has 754 valence electrons. The van der Waals surface area contributed by atoms with Crippen LogP contribution in [0.1, 0.15) is 88.9 Å². The van der Waals surface area contributed by atoms with E-state index in [-0.39, 0.29) is 92.6 Å². The van der Waals surface area contributed by atoms with E-state index in [1.807, 2.05) is 94.4 Å². The normalized spacial score (nSPS) is 11.4. The summed E-state index contributed by atoms with van der Waals surface area (Å²) < 4.78 is 6.11. The van der Waals surface area contributed by atoms with Gasteiger partial charge in [0.15, 0.2) is 11.4 Å². The van der Waals surface area contributed by atoms with Gasteiger partial charge in [0.25, 0.3) is 0 Å². The number of carbonyl (C=O) groups excluding carboxylic acids is 1. The van der Waals surface area contributed by atoms with Crippen molar-refractivity contribution < 1.29 is 60.3 Å². The number of Topliss-reactive ketones (excluding diaryl/α,β-unsaturated/α-hetero) is 1. The molecule has 1 aliphatic heterocycles. The molecule has 0 spiro atoms. The smallest absolute Gasteiger partial charge is 0.0622 e. The van der Waals surface area contributed by atoms with Crippen LogP contribution in [0.3, 0.4) is 0 Å². The second kappa shape index (κ2) is 73.6. The SMILES string of the molecule is C.C#CC(O)(c1ccccc1)C(C)C.C1CCOC1.CC(C)C(=O)c1ccccc1.CC(C)C1=C[C](=[Ru]([Cl])[Cl])c2ccccc21.Cl.[Br-].[C-]#C.[Cl][Ru][Cl].[Mg+2].c1ccc(P(c2ccccc2)c2ccccc2)cc1.c1ccc(P(c2ccccc2)c2ccccc2)cc1.c1ccc(P(c2ccccc2)c2ccccc2)cc1.c1ccc([PH+](c2ccccc2)c2ccccc2)cc1.c1ccc([PH+](c2ccccc2)c2ccccc2)cc1. The topological polar surface area (TPSA) is 46.5 Å². The van der Waals surface area contributed by atoms with Crippen molar-refractivity contribution in [3.63, 3.8) is 0 Å². The van der Waals surface area contributed by atoms with Crippen LogP contribution < -0.4 is 96.5 Å². The number of aliphatic hydroxyl groups is 1. The van der Waals surface area contributed by atoms with Gasteiger partial charge in [0, 0.05) is 24.7 Å². The number of ketones is 1. The molecule has 1 N–H and O–H groups in total. The summed E-state index contributed by atoms with van der Waals surface area (Å²) in [5, 5.41) is 31.3. The minimum absolute atomic E-state index is 0. The van der Waals surface area contributed by atoms with Gasteiger partial charge < -0.3 is 39.7 Å². The molecule has 20 rings (SSSR count). The first-order valence-corrected chi connectivity index (χ1v) is 64.6. The molecule has 17 heteroatoms. The monoisotopic (exact) mass is 2390 g/mol. The van der Waals surface area contributed by atoms with E-state index < -0.39 is 58.7 Å². The maximum atomic E-state index is 11.3. The Morgan fingerprint density at radius 1 is 0.351 bits per heavy atom. The fraction of sp³-hybridized carbons (Fsp3) is 0.115. The number of halogens is 6. The zero-order valence-corrected chi connectivity index (χ0v) is 98.5. The summed E-state index contributed by atoms with van der Waals surface area (Å²) in [4.78, 5) is 11.3. The first kappa shape index (κ1) is 127. The molecule has 1 fully saturated rings. The fourth-order valence-corrected chi connectivity index (χ4v) is 30.3. The number of hydrogen-bond donors (Lipinski definition) is 1. The number of rotatable bonds is 20.